The Morgan fingerprint density at radius 2 is 1.75 bits per heavy atom. The molecule has 0 atom stereocenters. The van der Waals surface area contributed by atoms with Crippen LogP contribution in [0, 0.1) is 6.92 Å². The van der Waals surface area contributed by atoms with Gasteiger partial charge in [0.25, 0.3) is 0 Å². The lowest BCUT2D eigenvalue weighted by molar-refractivity contribution is -0.133. The van der Waals surface area contributed by atoms with E-state index in [9.17, 15) is 9.59 Å². The fourth-order valence-corrected chi connectivity index (χ4v) is 3.58. The van der Waals surface area contributed by atoms with E-state index in [1.807, 2.05) is 31.2 Å². The van der Waals surface area contributed by atoms with Crippen LogP contribution in [0.1, 0.15) is 34.0 Å². The average molecular weight is 449 g/mol. The van der Waals surface area contributed by atoms with Gasteiger partial charge >= 0.3 is 5.97 Å². The standard InChI is InChI=1S/C26H21ClO5/c1-3-30-20-10-6-17(7-11-20)13-23-26(29)25-16(2)12-21(15-22(25)32-23)31-24(28)14-18-4-8-19(27)9-5-18/h4-13,15H,3,14H2,1-2H3/b23-13-. The number of allylic oxidation sites excluding steroid dienone is 1. The SMILES string of the molecule is CCOc1ccc(/C=C2\Oc3cc(OC(=O)Cc4ccc(Cl)cc4)cc(C)c3C2=O)cc1. The van der Waals surface area contributed by atoms with E-state index in [0.29, 0.717) is 34.3 Å². The van der Waals surface area contributed by atoms with Crippen LogP contribution in [-0.4, -0.2) is 18.4 Å². The Kier molecular flexibility index (Phi) is 6.28. The van der Waals surface area contributed by atoms with E-state index >= 15 is 0 Å². The van der Waals surface area contributed by atoms with Gasteiger partial charge in [0.1, 0.15) is 17.2 Å². The molecule has 3 aromatic carbocycles. The van der Waals surface area contributed by atoms with Crippen molar-refractivity contribution in [1.82, 2.24) is 0 Å². The second-order valence-electron chi connectivity index (χ2n) is 7.33. The highest BCUT2D eigenvalue weighted by Crippen LogP contribution is 2.37. The first kappa shape index (κ1) is 21.7. The van der Waals surface area contributed by atoms with Crippen molar-refractivity contribution in [3.63, 3.8) is 0 Å². The van der Waals surface area contributed by atoms with Gasteiger partial charge < -0.3 is 14.2 Å². The molecule has 162 valence electrons. The Bertz CT molecular complexity index is 1190. The Balaban J connectivity index is 1.50. The Morgan fingerprint density at radius 3 is 2.44 bits per heavy atom. The summed E-state index contributed by atoms with van der Waals surface area (Å²) in [5.41, 5.74) is 2.76. The van der Waals surface area contributed by atoms with Gasteiger partial charge in [0.05, 0.1) is 18.6 Å². The zero-order valence-corrected chi connectivity index (χ0v) is 18.4. The minimum absolute atomic E-state index is 0.107. The van der Waals surface area contributed by atoms with Crippen LogP contribution in [-0.2, 0) is 11.2 Å². The molecule has 0 aromatic heterocycles. The summed E-state index contributed by atoms with van der Waals surface area (Å²) in [5.74, 6) is 1.07. The van der Waals surface area contributed by atoms with Crippen LogP contribution in [0.25, 0.3) is 6.08 Å². The van der Waals surface area contributed by atoms with Crippen molar-refractivity contribution < 1.29 is 23.8 Å². The van der Waals surface area contributed by atoms with Gasteiger partial charge in [-0.15, -0.1) is 0 Å². The number of carbonyl (C=O) groups is 2. The first-order valence-electron chi connectivity index (χ1n) is 10.2. The second-order valence-corrected chi connectivity index (χ2v) is 7.77. The molecular formula is C26H21ClO5. The summed E-state index contributed by atoms with van der Waals surface area (Å²) in [6, 6.07) is 17.6. The highest BCUT2D eigenvalue weighted by atomic mass is 35.5. The normalized spacial score (nSPS) is 13.6. The first-order chi connectivity index (χ1) is 15.4. The van der Waals surface area contributed by atoms with Crippen molar-refractivity contribution in [2.75, 3.05) is 6.61 Å². The molecule has 3 aromatic rings. The molecule has 1 heterocycles. The zero-order chi connectivity index (χ0) is 22.7. The molecule has 0 amide bonds. The third kappa shape index (κ3) is 4.84. The number of rotatable bonds is 6. The van der Waals surface area contributed by atoms with Crippen molar-refractivity contribution >= 4 is 29.4 Å². The number of fused-ring (bicyclic) bond motifs is 1. The molecule has 0 unspecified atom stereocenters. The molecular weight excluding hydrogens is 428 g/mol. The number of carbonyl (C=O) groups excluding carboxylic acids is 2. The topological polar surface area (TPSA) is 61.8 Å². The van der Waals surface area contributed by atoms with Gasteiger partial charge in [-0.25, -0.2) is 0 Å². The van der Waals surface area contributed by atoms with E-state index in [-0.39, 0.29) is 18.0 Å². The van der Waals surface area contributed by atoms with Crippen molar-refractivity contribution in [2.45, 2.75) is 20.3 Å². The highest BCUT2D eigenvalue weighted by Gasteiger charge is 2.30. The van der Waals surface area contributed by atoms with Crippen molar-refractivity contribution in [3.05, 3.63) is 93.7 Å². The molecule has 0 radical (unpaired) electrons. The largest absolute Gasteiger partial charge is 0.494 e. The maximum Gasteiger partial charge on any atom is 0.315 e. The smallest absolute Gasteiger partial charge is 0.315 e. The number of esters is 1. The summed E-state index contributed by atoms with van der Waals surface area (Å²) in [7, 11) is 0. The number of hydrogen-bond acceptors (Lipinski definition) is 5. The van der Waals surface area contributed by atoms with Crippen LogP contribution in [0.3, 0.4) is 0 Å². The van der Waals surface area contributed by atoms with Gasteiger partial charge in [-0.3, -0.25) is 9.59 Å². The predicted molar refractivity (Wildman–Crippen MR) is 123 cm³/mol. The van der Waals surface area contributed by atoms with E-state index in [1.165, 1.54) is 0 Å². The zero-order valence-electron chi connectivity index (χ0n) is 17.7. The number of benzene rings is 3. The number of ketones is 1. The molecule has 0 N–H and O–H groups in total. The minimum Gasteiger partial charge on any atom is -0.494 e. The summed E-state index contributed by atoms with van der Waals surface area (Å²) in [6.07, 6.45) is 1.79. The van der Waals surface area contributed by atoms with Crippen LogP contribution in [0.2, 0.25) is 5.02 Å². The van der Waals surface area contributed by atoms with E-state index in [2.05, 4.69) is 0 Å². The lowest BCUT2D eigenvalue weighted by atomic mass is 10.0. The number of halogens is 1. The van der Waals surface area contributed by atoms with E-state index < -0.39 is 5.97 Å². The van der Waals surface area contributed by atoms with Crippen LogP contribution in [0.5, 0.6) is 17.2 Å². The minimum atomic E-state index is -0.416. The van der Waals surface area contributed by atoms with Crippen LogP contribution in [0.4, 0.5) is 0 Å². The van der Waals surface area contributed by atoms with Crippen LogP contribution >= 0.6 is 11.6 Å². The number of Topliss-reactive ketones (excluding diaryl/α,β-unsaturated/α-hetero) is 1. The quantitative estimate of drug-likeness (QED) is 0.270. The predicted octanol–water partition coefficient (Wildman–Crippen LogP) is 5.81. The maximum absolute atomic E-state index is 12.9. The van der Waals surface area contributed by atoms with Gasteiger partial charge in [-0.2, -0.15) is 0 Å². The monoisotopic (exact) mass is 448 g/mol. The molecule has 0 aliphatic carbocycles. The van der Waals surface area contributed by atoms with E-state index in [1.54, 1.807) is 49.4 Å². The Hall–Kier alpha value is -3.57. The first-order valence-corrected chi connectivity index (χ1v) is 10.6. The molecule has 0 spiro atoms. The third-order valence-corrected chi connectivity index (χ3v) is 5.18. The van der Waals surface area contributed by atoms with Gasteiger partial charge in [-0.05, 0) is 66.9 Å². The van der Waals surface area contributed by atoms with Crippen LogP contribution < -0.4 is 14.2 Å². The molecule has 32 heavy (non-hydrogen) atoms. The molecule has 1 aliphatic rings. The second kappa shape index (κ2) is 9.28. The van der Waals surface area contributed by atoms with Gasteiger partial charge in [0.2, 0.25) is 5.78 Å². The molecule has 6 heteroatoms. The maximum atomic E-state index is 12.9. The molecule has 0 bridgehead atoms. The van der Waals surface area contributed by atoms with Crippen LogP contribution in [0.15, 0.2) is 66.4 Å². The summed E-state index contributed by atoms with van der Waals surface area (Å²) in [5, 5.41) is 0.604. The Morgan fingerprint density at radius 1 is 1.03 bits per heavy atom. The summed E-state index contributed by atoms with van der Waals surface area (Å²) in [4.78, 5) is 25.2. The van der Waals surface area contributed by atoms with E-state index in [0.717, 1.165) is 16.9 Å². The molecule has 1 aliphatic heterocycles. The summed E-state index contributed by atoms with van der Waals surface area (Å²) in [6.45, 7) is 4.30. The fraction of sp³-hybridized carbons (Fsp3) is 0.154. The third-order valence-electron chi connectivity index (χ3n) is 4.93. The summed E-state index contributed by atoms with van der Waals surface area (Å²) < 4.78 is 16.7. The molecule has 5 nitrogen and oxygen atoms in total. The highest BCUT2D eigenvalue weighted by molar-refractivity contribution is 6.30. The lowest BCUT2D eigenvalue weighted by Crippen LogP contribution is -2.11. The number of ether oxygens (including phenoxy) is 3. The molecule has 4 rings (SSSR count). The average Bonchev–Trinajstić information content (AvgIpc) is 3.07. The number of hydrogen-bond donors (Lipinski definition) is 0. The van der Waals surface area contributed by atoms with E-state index in [4.69, 9.17) is 25.8 Å². The van der Waals surface area contributed by atoms with Crippen molar-refractivity contribution in [3.8, 4) is 17.2 Å². The van der Waals surface area contributed by atoms with Crippen molar-refractivity contribution in [1.29, 1.82) is 0 Å². The lowest BCUT2D eigenvalue weighted by Gasteiger charge is -2.08. The molecule has 0 saturated heterocycles. The molecule has 0 fully saturated rings. The van der Waals surface area contributed by atoms with Gasteiger partial charge in [0.15, 0.2) is 5.76 Å². The summed E-state index contributed by atoms with van der Waals surface area (Å²) >= 11 is 5.88. The Labute approximate surface area is 191 Å². The number of aryl methyl sites for hydroxylation is 1. The van der Waals surface area contributed by atoms with Crippen molar-refractivity contribution in [2.24, 2.45) is 0 Å². The van der Waals surface area contributed by atoms with Gasteiger partial charge in [0, 0.05) is 11.1 Å². The van der Waals surface area contributed by atoms with Gasteiger partial charge in [-0.1, -0.05) is 35.9 Å². The fourth-order valence-electron chi connectivity index (χ4n) is 3.45. The molecule has 0 saturated carbocycles.